The van der Waals surface area contributed by atoms with Crippen LogP contribution in [-0.4, -0.2) is 24.4 Å². The summed E-state index contributed by atoms with van der Waals surface area (Å²) in [6.45, 7) is 0. The van der Waals surface area contributed by atoms with Gasteiger partial charge in [-0.05, 0) is 0 Å². The maximum Gasteiger partial charge on any atom is 0.573 e. The minimum Gasteiger partial charge on any atom is -0.465 e. The van der Waals surface area contributed by atoms with E-state index in [9.17, 15) is 31.1 Å². The number of rotatable bonds is 2. The molecule has 20 heavy (non-hydrogen) atoms. The monoisotopic (exact) mass is 304 g/mol. The van der Waals surface area contributed by atoms with Crippen LogP contribution >= 0.6 is 0 Å². The van der Waals surface area contributed by atoms with Gasteiger partial charge in [-0.3, -0.25) is 0 Å². The van der Waals surface area contributed by atoms with Gasteiger partial charge in [-0.1, -0.05) is 0 Å². The number of nitrogens with two attached hydrogens (primary N) is 1. The van der Waals surface area contributed by atoms with Crippen LogP contribution < -0.4 is 10.5 Å². The van der Waals surface area contributed by atoms with E-state index in [-0.39, 0.29) is 0 Å². The first-order valence-corrected chi connectivity index (χ1v) is 4.67. The first-order chi connectivity index (χ1) is 8.97. The highest BCUT2D eigenvalue weighted by molar-refractivity contribution is 5.95. The molecule has 0 unspecified atom stereocenters. The van der Waals surface area contributed by atoms with Crippen LogP contribution in [0.4, 0.5) is 32.0 Å². The Morgan fingerprint density at radius 3 is 2.20 bits per heavy atom. The standard InChI is InChI=1S/C9H6F6N2O3/c1-19-7(18)4-5(20-9(13,14)15)3(16)2-17-6(4)8(10,11)12/h2H,16H2,1H3. The molecule has 1 heterocycles. The first kappa shape index (κ1) is 15.9. The van der Waals surface area contributed by atoms with Gasteiger partial charge in [0.15, 0.2) is 11.4 Å². The molecule has 0 atom stereocenters. The summed E-state index contributed by atoms with van der Waals surface area (Å²) in [4.78, 5) is 14.1. The minimum absolute atomic E-state index is 0.302. The van der Waals surface area contributed by atoms with Crippen LogP contribution in [0.25, 0.3) is 0 Å². The maximum atomic E-state index is 12.6. The zero-order chi connectivity index (χ0) is 15.7. The Bertz CT molecular complexity index is 526. The van der Waals surface area contributed by atoms with E-state index in [0.717, 1.165) is 0 Å². The molecule has 0 saturated heterocycles. The SMILES string of the molecule is COC(=O)c1c(C(F)(F)F)ncc(N)c1OC(F)(F)F. The molecule has 1 aromatic heterocycles. The third-order valence-corrected chi connectivity index (χ3v) is 1.93. The fourth-order valence-corrected chi connectivity index (χ4v) is 1.24. The Morgan fingerprint density at radius 1 is 1.25 bits per heavy atom. The van der Waals surface area contributed by atoms with Crippen molar-refractivity contribution in [3.8, 4) is 5.75 Å². The van der Waals surface area contributed by atoms with Gasteiger partial charge in [0, 0.05) is 0 Å². The predicted octanol–water partition coefficient (Wildman–Crippen LogP) is 2.37. The highest BCUT2D eigenvalue weighted by Crippen LogP contribution is 2.39. The van der Waals surface area contributed by atoms with Gasteiger partial charge in [0.2, 0.25) is 0 Å². The molecule has 0 aliphatic carbocycles. The van der Waals surface area contributed by atoms with Crippen molar-refractivity contribution in [2.24, 2.45) is 0 Å². The van der Waals surface area contributed by atoms with E-state index in [1.807, 2.05) is 0 Å². The molecule has 0 saturated carbocycles. The lowest BCUT2D eigenvalue weighted by Crippen LogP contribution is -2.24. The molecule has 0 radical (unpaired) electrons. The summed E-state index contributed by atoms with van der Waals surface area (Å²) in [6, 6.07) is 0. The summed E-state index contributed by atoms with van der Waals surface area (Å²) in [5.41, 5.74) is 0.743. The summed E-state index contributed by atoms with van der Waals surface area (Å²) < 4.78 is 81.8. The fraction of sp³-hybridized carbons (Fsp3) is 0.333. The van der Waals surface area contributed by atoms with Crippen molar-refractivity contribution in [2.45, 2.75) is 12.5 Å². The summed E-state index contributed by atoms with van der Waals surface area (Å²) >= 11 is 0. The number of halogens is 6. The molecule has 0 aliphatic heterocycles. The summed E-state index contributed by atoms with van der Waals surface area (Å²) in [6.07, 6.45) is -10.2. The number of carbonyl (C=O) groups is 1. The zero-order valence-electron chi connectivity index (χ0n) is 9.59. The van der Waals surface area contributed by atoms with Gasteiger partial charge in [-0.2, -0.15) is 13.2 Å². The van der Waals surface area contributed by atoms with Crippen LogP contribution in [0.1, 0.15) is 16.1 Å². The van der Waals surface area contributed by atoms with Crippen LogP contribution in [0.5, 0.6) is 5.75 Å². The van der Waals surface area contributed by atoms with Gasteiger partial charge in [-0.15, -0.1) is 13.2 Å². The number of esters is 1. The predicted molar refractivity (Wildman–Crippen MR) is 51.7 cm³/mol. The molecule has 5 nitrogen and oxygen atoms in total. The van der Waals surface area contributed by atoms with Crippen LogP contribution in [0.2, 0.25) is 0 Å². The molecular weight excluding hydrogens is 298 g/mol. The van der Waals surface area contributed by atoms with Crippen molar-refractivity contribution in [3.05, 3.63) is 17.5 Å². The van der Waals surface area contributed by atoms with Crippen LogP contribution in [0.15, 0.2) is 6.20 Å². The Kier molecular flexibility index (Phi) is 4.01. The Morgan fingerprint density at radius 2 is 1.80 bits per heavy atom. The minimum atomic E-state index is -5.35. The van der Waals surface area contributed by atoms with E-state index in [4.69, 9.17) is 5.73 Å². The van der Waals surface area contributed by atoms with E-state index in [1.54, 1.807) is 0 Å². The van der Waals surface area contributed by atoms with Crippen molar-refractivity contribution in [3.63, 3.8) is 0 Å². The van der Waals surface area contributed by atoms with E-state index in [2.05, 4.69) is 14.5 Å². The lowest BCUT2D eigenvalue weighted by atomic mass is 10.1. The van der Waals surface area contributed by atoms with E-state index in [0.29, 0.717) is 13.3 Å². The highest BCUT2D eigenvalue weighted by Gasteiger charge is 2.43. The summed E-state index contributed by atoms with van der Waals surface area (Å²) in [5.74, 6) is -3.22. The smallest absolute Gasteiger partial charge is 0.465 e. The van der Waals surface area contributed by atoms with E-state index in [1.165, 1.54) is 0 Å². The fourth-order valence-electron chi connectivity index (χ4n) is 1.24. The number of nitrogens with zero attached hydrogens (tertiary/aromatic N) is 1. The summed E-state index contributed by atoms with van der Waals surface area (Å²) in [7, 11) is 0.684. The first-order valence-electron chi connectivity index (χ1n) is 4.67. The van der Waals surface area contributed by atoms with Crippen molar-refractivity contribution in [2.75, 3.05) is 12.8 Å². The number of alkyl halides is 6. The molecule has 0 aromatic carbocycles. The van der Waals surface area contributed by atoms with Crippen molar-refractivity contribution >= 4 is 11.7 Å². The van der Waals surface area contributed by atoms with Crippen LogP contribution in [-0.2, 0) is 10.9 Å². The average Bonchev–Trinajstić information content (AvgIpc) is 2.27. The number of carbonyl (C=O) groups excluding carboxylic acids is 1. The zero-order valence-corrected chi connectivity index (χ0v) is 9.59. The van der Waals surface area contributed by atoms with Gasteiger partial charge in [0.25, 0.3) is 0 Å². The molecule has 0 aliphatic rings. The quantitative estimate of drug-likeness (QED) is 0.670. The molecule has 112 valence electrons. The number of hydrogen-bond acceptors (Lipinski definition) is 5. The van der Waals surface area contributed by atoms with Gasteiger partial charge >= 0.3 is 18.5 Å². The number of hydrogen-bond donors (Lipinski definition) is 1. The molecule has 0 spiro atoms. The van der Waals surface area contributed by atoms with Crippen LogP contribution in [0, 0.1) is 0 Å². The van der Waals surface area contributed by atoms with E-state index < -0.39 is 41.2 Å². The van der Waals surface area contributed by atoms with Gasteiger partial charge in [-0.25, -0.2) is 9.78 Å². The lowest BCUT2D eigenvalue weighted by molar-refractivity contribution is -0.274. The largest absolute Gasteiger partial charge is 0.573 e. The Labute approximate surface area is 107 Å². The number of ether oxygens (including phenoxy) is 2. The maximum absolute atomic E-state index is 12.6. The van der Waals surface area contributed by atoms with Gasteiger partial charge < -0.3 is 15.2 Å². The number of aromatic nitrogens is 1. The van der Waals surface area contributed by atoms with Crippen molar-refractivity contribution in [1.29, 1.82) is 0 Å². The van der Waals surface area contributed by atoms with Crippen molar-refractivity contribution < 1.29 is 40.6 Å². The van der Waals surface area contributed by atoms with Gasteiger partial charge in [0.1, 0.15) is 5.56 Å². The molecule has 0 fully saturated rings. The number of pyridine rings is 1. The Hall–Kier alpha value is -2.20. The topological polar surface area (TPSA) is 74.4 Å². The number of anilines is 1. The average molecular weight is 304 g/mol. The number of methoxy groups -OCH3 is 1. The Balaban J connectivity index is 3.59. The normalized spacial score (nSPS) is 12.2. The van der Waals surface area contributed by atoms with Gasteiger partial charge in [0.05, 0.1) is 19.0 Å². The molecule has 11 heteroatoms. The molecular formula is C9H6F6N2O3. The third-order valence-electron chi connectivity index (χ3n) is 1.93. The highest BCUT2D eigenvalue weighted by atomic mass is 19.4. The second-order valence-electron chi connectivity index (χ2n) is 3.30. The molecule has 1 rings (SSSR count). The van der Waals surface area contributed by atoms with Crippen molar-refractivity contribution in [1.82, 2.24) is 4.98 Å². The number of nitrogen functional groups attached to an aromatic ring is 1. The molecule has 0 bridgehead atoms. The molecule has 2 N–H and O–H groups in total. The third kappa shape index (κ3) is 3.42. The van der Waals surface area contributed by atoms with Crippen LogP contribution in [0.3, 0.4) is 0 Å². The second kappa shape index (κ2) is 5.06. The lowest BCUT2D eigenvalue weighted by Gasteiger charge is -2.17. The molecule has 1 aromatic rings. The van der Waals surface area contributed by atoms with E-state index >= 15 is 0 Å². The summed E-state index contributed by atoms with van der Waals surface area (Å²) in [5, 5.41) is 0. The molecule has 0 amide bonds. The second-order valence-corrected chi connectivity index (χ2v) is 3.30.